The van der Waals surface area contributed by atoms with Crippen molar-refractivity contribution in [2.45, 2.75) is 24.5 Å². The van der Waals surface area contributed by atoms with E-state index in [1.165, 1.54) is 40.4 Å². The molecule has 0 N–H and O–H groups in total. The van der Waals surface area contributed by atoms with Crippen molar-refractivity contribution < 1.29 is 22.4 Å². The van der Waals surface area contributed by atoms with Gasteiger partial charge in [-0.3, -0.25) is 0 Å². The van der Waals surface area contributed by atoms with Crippen molar-refractivity contribution in [1.29, 1.82) is 0 Å². The van der Waals surface area contributed by atoms with Crippen LogP contribution in [0.2, 0.25) is 0 Å². The van der Waals surface area contributed by atoms with Crippen LogP contribution in [0, 0.1) is 0 Å². The first kappa shape index (κ1) is 22.1. The second-order valence-corrected chi connectivity index (χ2v) is 9.91. The number of aromatic nitrogens is 1. The van der Waals surface area contributed by atoms with Gasteiger partial charge in [0.25, 0.3) is 0 Å². The Morgan fingerprint density at radius 1 is 0.941 bits per heavy atom. The minimum Gasteiger partial charge on any atom is -0.455 e. The van der Waals surface area contributed by atoms with E-state index in [4.69, 9.17) is 9.15 Å². The fraction of sp³-hybridized carbons (Fsp3) is 0.154. The van der Waals surface area contributed by atoms with E-state index in [-0.39, 0.29) is 17.1 Å². The SMILES string of the molecule is O=C(OCc1coc(-c2ccccc2)n1)c1ccc(S(=O)(=O)N2CCc3ccccc3C2)cc1. The Kier molecular flexibility index (Phi) is 6.00. The summed E-state index contributed by atoms with van der Waals surface area (Å²) in [6.45, 7) is 0.708. The smallest absolute Gasteiger partial charge is 0.338 e. The maximum atomic E-state index is 13.1. The van der Waals surface area contributed by atoms with Crippen LogP contribution < -0.4 is 0 Å². The average molecular weight is 475 g/mol. The first-order valence-corrected chi connectivity index (χ1v) is 12.3. The van der Waals surface area contributed by atoms with Gasteiger partial charge in [-0.15, -0.1) is 0 Å². The fourth-order valence-corrected chi connectivity index (χ4v) is 5.32. The highest BCUT2D eigenvalue weighted by Gasteiger charge is 2.28. The van der Waals surface area contributed by atoms with Crippen LogP contribution in [0.1, 0.15) is 27.2 Å². The molecule has 0 fully saturated rings. The molecule has 4 aromatic rings. The van der Waals surface area contributed by atoms with Gasteiger partial charge in [0.2, 0.25) is 15.9 Å². The molecule has 1 aliphatic rings. The van der Waals surface area contributed by atoms with E-state index in [2.05, 4.69) is 4.98 Å². The zero-order valence-corrected chi connectivity index (χ0v) is 19.1. The molecular formula is C26H22N2O5S. The molecule has 0 unspecified atom stereocenters. The Labute approximate surface area is 197 Å². The van der Waals surface area contributed by atoms with Crippen LogP contribution >= 0.6 is 0 Å². The summed E-state index contributed by atoms with van der Waals surface area (Å²) in [5, 5.41) is 0. The first-order valence-electron chi connectivity index (χ1n) is 10.8. The van der Waals surface area contributed by atoms with Crippen molar-refractivity contribution in [1.82, 2.24) is 9.29 Å². The highest BCUT2D eigenvalue weighted by Crippen LogP contribution is 2.25. The van der Waals surface area contributed by atoms with Gasteiger partial charge in [0.1, 0.15) is 18.6 Å². The third kappa shape index (κ3) is 4.50. The van der Waals surface area contributed by atoms with Crippen molar-refractivity contribution in [3.8, 4) is 11.5 Å². The third-order valence-corrected chi connectivity index (χ3v) is 7.61. The molecule has 0 saturated carbocycles. The van der Waals surface area contributed by atoms with Crippen molar-refractivity contribution in [2.75, 3.05) is 6.54 Å². The van der Waals surface area contributed by atoms with Crippen LogP contribution in [0.25, 0.3) is 11.5 Å². The minimum atomic E-state index is -3.67. The Hall–Kier alpha value is -3.75. The van der Waals surface area contributed by atoms with Crippen LogP contribution in [0.4, 0.5) is 0 Å². The van der Waals surface area contributed by atoms with Gasteiger partial charge in [-0.25, -0.2) is 18.2 Å². The molecular weight excluding hydrogens is 452 g/mol. The van der Waals surface area contributed by atoms with E-state index in [0.29, 0.717) is 31.1 Å². The lowest BCUT2D eigenvalue weighted by Crippen LogP contribution is -2.35. The number of rotatable bonds is 6. The fourth-order valence-electron chi connectivity index (χ4n) is 3.90. The van der Waals surface area contributed by atoms with E-state index in [1.54, 1.807) is 0 Å². The normalized spacial score (nSPS) is 13.9. The van der Waals surface area contributed by atoms with Gasteiger partial charge >= 0.3 is 5.97 Å². The number of hydrogen-bond acceptors (Lipinski definition) is 6. The maximum absolute atomic E-state index is 13.1. The standard InChI is InChI=1S/C26H22N2O5S/c29-26(33-18-23-17-32-25(27-23)20-7-2-1-3-8-20)21-10-12-24(13-11-21)34(30,31)28-15-14-19-6-4-5-9-22(19)16-28/h1-13,17H,14-16,18H2. The lowest BCUT2D eigenvalue weighted by molar-refractivity contribution is 0.0467. The molecule has 0 saturated heterocycles. The van der Waals surface area contributed by atoms with E-state index in [9.17, 15) is 13.2 Å². The number of carbonyl (C=O) groups is 1. The third-order valence-electron chi connectivity index (χ3n) is 5.75. The highest BCUT2D eigenvalue weighted by molar-refractivity contribution is 7.89. The number of esters is 1. The zero-order valence-electron chi connectivity index (χ0n) is 18.3. The molecule has 0 atom stereocenters. The topological polar surface area (TPSA) is 89.7 Å². The second-order valence-electron chi connectivity index (χ2n) is 7.97. The van der Waals surface area contributed by atoms with Crippen LogP contribution in [0.3, 0.4) is 0 Å². The van der Waals surface area contributed by atoms with E-state index >= 15 is 0 Å². The van der Waals surface area contributed by atoms with Gasteiger partial charge in [-0.2, -0.15) is 4.31 Å². The predicted octanol–water partition coefficient (Wildman–Crippen LogP) is 4.45. The summed E-state index contributed by atoms with van der Waals surface area (Å²) in [5.41, 5.74) is 3.76. The lowest BCUT2D eigenvalue weighted by Gasteiger charge is -2.28. The molecule has 34 heavy (non-hydrogen) atoms. The number of sulfonamides is 1. The maximum Gasteiger partial charge on any atom is 0.338 e. The van der Waals surface area contributed by atoms with Crippen molar-refractivity contribution in [3.63, 3.8) is 0 Å². The molecule has 0 aliphatic carbocycles. The molecule has 0 spiro atoms. The summed E-state index contributed by atoms with van der Waals surface area (Å²) in [6.07, 6.45) is 2.12. The van der Waals surface area contributed by atoms with Gasteiger partial charge in [-0.05, 0) is 53.9 Å². The summed E-state index contributed by atoms with van der Waals surface area (Å²) >= 11 is 0. The molecule has 172 valence electrons. The van der Waals surface area contributed by atoms with Crippen molar-refractivity contribution in [2.24, 2.45) is 0 Å². The molecule has 5 rings (SSSR count). The minimum absolute atomic E-state index is 0.0532. The van der Waals surface area contributed by atoms with Gasteiger partial charge in [0, 0.05) is 18.7 Å². The molecule has 1 aromatic heterocycles. The molecule has 8 heteroatoms. The van der Waals surface area contributed by atoms with E-state index < -0.39 is 16.0 Å². The largest absolute Gasteiger partial charge is 0.455 e. The quantitative estimate of drug-likeness (QED) is 0.384. The first-order chi connectivity index (χ1) is 16.5. The monoisotopic (exact) mass is 474 g/mol. The number of hydrogen-bond donors (Lipinski definition) is 0. The summed E-state index contributed by atoms with van der Waals surface area (Å²) in [7, 11) is -3.67. The van der Waals surface area contributed by atoms with Crippen LogP contribution in [-0.4, -0.2) is 30.2 Å². The van der Waals surface area contributed by atoms with Gasteiger partial charge < -0.3 is 9.15 Å². The summed E-state index contributed by atoms with van der Waals surface area (Å²) in [5.74, 6) is -0.123. The highest BCUT2D eigenvalue weighted by atomic mass is 32.2. The number of fused-ring (bicyclic) bond motifs is 1. The van der Waals surface area contributed by atoms with Crippen LogP contribution in [-0.2, 0) is 34.3 Å². The number of carbonyl (C=O) groups excluding carboxylic acids is 1. The van der Waals surface area contributed by atoms with Crippen LogP contribution in [0.15, 0.2) is 94.4 Å². The molecule has 0 amide bonds. The molecule has 3 aromatic carbocycles. The van der Waals surface area contributed by atoms with Crippen molar-refractivity contribution >= 4 is 16.0 Å². The molecule has 0 radical (unpaired) electrons. The second kappa shape index (κ2) is 9.24. The zero-order chi connectivity index (χ0) is 23.5. The van der Waals surface area contributed by atoms with Gasteiger partial charge in [-0.1, -0.05) is 42.5 Å². The summed E-state index contributed by atoms with van der Waals surface area (Å²) < 4.78 is 38.4. The molecule has 2 heterocycles. The van der Waals surface area contributed by atoms with E-state index in [1.807, 2.05) is 54.6 Å². The Balaban J connectivity index is 1.23. The molecule has 7 nitrogen and oxygen atoms in total. The summed E-state index contributed by atoms with van der Waals surface area (Å²) in [6, 6.07) is 23.1. The number of oxazole rings is 1. The molecule has 0 bridgehead atoms. The Bertz CT molecular complexity index is 1410. The number of nitrogens with zero attached hydrogens (tertiary/aromatic N) is 2. The number of benzene rings is 3. The van der Waals surface area contributed by atoms with Crippen LogP contribution in [0.5, 0.6) is 0 Å². The predicted molar refractivity (Wildman–Crippen MR) is 125 cm³/mol. The van der Waals surface area contributed by atoms with Crippen molar-refractivity contribution in [3.05, 3.63) is 108 Å². The Morgan fingerprint density at radius 3 is 2.41 bits per heavy atom. The van der Waals surface area contributed by atoms with Gasteiger partial charge in [0.15, 0.2) is 0 Å². The lowest BCUT2D eigenvalue weighted by atomic mass is 10.0. The average Bonchev–Trinajstić information content (AvgIpc) is 3.37. The Morgan fingerprint density at radius 2 is 1.65 bits per heavy atom. The summed E-state index contributed by atoms with van der Waals surface area (Å²) in [4.78, 5) is 16.9. The van der Waals surface area contributed by atoms with E-state index in [0.717, 1.165) is 11.1 Å². The van der Waals surface area contributed by atoms with Gasteiger partial charge in [0.05, 0.1) is 10.5 Å². The molecule has 1 aliphatic heterocycles. The number of ether oxygens (including phenoxy) is 1.